The molecular weight excluding hydrogens is 180 g/mol. The van der Waals surface area contributed by atoms with E-state index < -0.39 is 0 Å². The summed E-state index contributed by atoms with van der Waals surface area (Å²) < 4.78 is 9.75. The molecule has 0 spiro atoms. The normalized spacial score (nSPS) is 12.4. The molecule has 0 aromatic heterocycles. The maximum Gasteiger partial charge on any atom is 0.293 e. The van der Waals surface area contributed by atoms with Crippen LogP contribution in [-0.4, -0.2) is 26.8 Å². The lowest BCUT2D eigenvalue weighted by Gasteiger charge is -2.15. The monoisotopic (exact) mass is 202 g/mol. The summed E-state index contributed by atoms with van der Waals surface area (Å²) in [4.78, 5) is 9.97. The number of unbranched alkanes of at least 4 members (excludes halogenated alkanes) is 1. The summed E-state index contributed by atoms with van der Waals surface area (Å²) in [5, 5.41) is 0. The summed E-state index contributed by atoms with van der Waals surface area (Å²) in [6.45, 7) is 4.06. The zero-order chi connectivity index (χ0) is 10.6. The van der Waals surface area contributed by atoms with Gasteiger partial charge in [0.1, 0.15) is 0 Å². The van der Waals surface area contributed by atoms with Crippen LogP contribution < -0.4 is 0 Å². The lowest BCUT2D eigenvalue weighted by Crippen LogP contribution is -2.08. The van der Waals surface area contributed by atoms with Crippen LogP contribution in [0.25, 0.3) is 0 Å². The number of rotatable bonds is 10. The van der Waals surface area contributed by atoms with Crippen molar-refractivity contribution in [3.05, 3.63) is 0 Å². The molecule has 0 radical (unpaired) electrons. The number of carbonyl (C=O) groups is 1. The Labute approximate surface area is 86.8 Å². The largest absolute Gasteiger partial charge is 0.468 e. The van der Waals surface area contributed by atoms with Gasteiger partial charge in [-0.2, -0.15) is 0 Å². The summed E-state index contributed by atoms with van der Waals surface area (Å²) in [6.07, 6.45) is 5.70. The smallest absolute Gasteiger partial charge is 0.293 e. The first-order chi connectivity index (χ1) is 6.85. The van der Waals surface area contributed by atoms with Gasteiger partial charge in [0.25, 0.3) is 6.47 Å². The Morgan fingerprint density at radius 3 is 2.50 bits per heavy atom. The summed E-state index contributed by atoms with van der Waals surface area (Å²) >= 11 is 0. The van der Waals surface area contributed by atoms with E-state index in [1.54, 1.807) is 7.11 Å². The molecule has 0 fully saturated rings. The van der Waals surface area contributed by atoms with E-state index in [0.29, 0.717) is 19.0 Å². The van der Waals surface area contributed by atoms with E-state index in [1.807, 2.05) is 0 Å². The Morgan fingerprint density at radius 2 is 1.93 bits per heavy atom. The van der Waals surface area contributed by atoms with Gasteiger partial charge in [-0.05, 0) is 18.8 Å². The van der Waals surface area contributed by atoms with Crippen LogP contribution in [0.3, 0.4) is 0 Å². The number of methoxy groups -OCH3 is 1. The van der Waals surface area contributed by atoms with Crippen molar-refractivity contribution in [1.29, 1.82) is 0 Å². The summed E-state index contributed by atoms with van der Waals surface area (Å²) in [7, 11) is 1.72. The number of carbonyl (C=O) groups excluding carboxylic acids is 1. The molecule has 0 aromatic rings. The predicted molar refractivity (Wildman–Crippen MR) is 56.1 cm³/mol. The third-order valence-electron chi connectivity index (χ3n) is 2.41. The van der Waals surface area contributed by atoms with Crippen LogP contribution in [0.15, 0.2) is 0 Å². The molecular formula is C11H22O3. The molecule has 0 rings (SSSR count). The molecule has 0 aliphatic heterocycles. The van der Waals surface area contributed by atoms with Crippen molar-refractivity contribution in [1.82, 2.24) is 0 Å². The fraction of sp³-hybridized carbons (Fsp3) is 0.909. The van der Waals surface area contributed by atoms with Gasteiger partial charge in [-0.3, -0.25) is 4.79 Å². The van der Waals surface area contributed by atoms with Gasteiger partial charge < -0.3 is 9.47 Å². The minimum absolute atomic E-state index is 0.521. The quantitative estimate of drug-likeness (QED) is 0.403. The van der Waals surface area contributed by atoms with Crippen molar-refractivity contribution in [3.8, 4) is 0 Å². The number of hydrogen-bond donors (Lipinski definition) is 0. The third-order valence-corrected chi connectivity index (χ3v) is 2.41. The van der Waals surface area contributed by atoms with E-state index >= 15 is 0 Å². The Kier molecular flexibility index (Phi) is 10.1. The van der Waals surface area contributed by atoms with Gasteiger partial charge in [-0.15, -0.1) is 0 Å². The Balaban J connectivity index is 3.54. The van der Waals surface area contributed by atoms with Crippen molar-refractivity contribution in [2.24, 2.45) is 5.92 Å². The maximum absolute atomic E-state index is 9.97. The van der Waals surface area contributed by atoms with Crippen LogP contribution in [0, 0.1) is 5.92 Å². The van der Waals surface area contributed by atoms with Crippen molar-refractivity contribution in [3.63, 3.8) is 0 Å². The molecule has 0 aromatic carbocycles. The molecule has 0 aliphatic carbocycles. The van der Waals surface area contributed by atoms with E-state index in [1.165, 1.54) is 19.3 Å². The molecule has 1 atom stereocenters. The summed E-state index contributed by atoms with van der Waals surface area (Å²) in [5.74, 6) is 0.634. The van der Waals surface area contributed by atoms with Crippen LogP contribution >= 0.6 is 0 Å². The molecule has 0 bridgehead atoms. The van der Waals surface area contributed by atoms with Gasteiger partial charge in [0, 0.05) is 13.7 Å². The van der Waals surface area contributed by atoms with Crippen LogP contribution in [-0.2, 0) is 14.3 Å². The Bertz CT molecular complexity index is 118. The molecule has 3 heteroatoms. The van der Waals surface area contributed by atoms with Gasteiger partial charge in [-0.1, -0.05) is 26.2 Å². The fourth-order valence-electron chi connectivity index (χ4n) is 1.49. The highest BCUT2D eigenvalue weighted by Crippen LogP contribution is 2.16. The lowest BCUT2D eigenvalue weighted by atomic mass is 9.96. The second-order valence-electron chi connectivity index (χ2n) is 3.55. The van der Waals surface area contributed by atoms with Gasteiger partial charge in [0.15, 0.2) is 0 Å². The standard InChI is InChI=1S/C11H22O3/c1-3-4-5-11(6-8-13-2)7-9-14-10-12/h10-11H,3-9H2,1-2H3. The molecule has 0 saturated heterocycles. The molecule has 0 saturated carbocycles. The SMILES string of the molecule is CCCCC(CCOC)CCOC=O. The Hall–Kier alpha value is -0.570. The van der Waals surface area contributed by atoms with Crippen LogP contribution in [0.2, 0.25) is 0 Å². The highest BCUT2D eigenvalue weighted by molar-refractivity contribution is 5.36. The first-order valence-electron chi connectivity index (χ1n) is 5.39. The highest BCUT2D eigenvalue weighted by Gasteiger charge is 2.07. The van der Waals surface area contributed by atoms with E-state index in [9.17, 15) is 4.79 Å². The molecule has 0 N–H and O–H groups in total. The zero-order valence-corrected chi connectivity index (χ0v) is 9.33. The molecule has 0 heterocycles. The van der Waals surface area contributed by atoms with Crippen molar-refractivity contribution >= 4 is 6.47 Å². The first-order valence-corrected chi connectivity index (χ1v) is 5.39. The van der Waals surface area contributed by atoms with E-state index in [0.717, 1.165) is 19.4 Å². The average Bonchev–Trinajstić information content (AvgIpc) is 2.21. The number of ether oxygens (including phenoxy) is 2. The summed E-state index contributed by atoms with van der Waals surface area (Å²) in [6, 6.07) is 0. The molecule has 0 aliphatic rings. The second kappa shape index (κ2) is 10.5. The zero-order valence-electron chi connectivity index (χ0n) is 9.33. The third kappa shape index (κ3) is 8.05. The molecule has 1 unspecified atom stereocenters. The van der Waals surface area contributed by atoms with Crippen LogP contribution in [0.4, 0.5) is 0 Å². The van der Waals surface area contributed by atoms with Crippen molar-refractivity contribution < 1.29 is 14.3 Å². The molecule has 14 heavy (non-hydrogen) atoms. The Morgan fingerprint density at radius 1 is 1.21 bits per heavy atom. The van der Waals surface area contributed by atoms with Crippen LogP contribution in [0.1, 0.15) is 39.0 Å². The number of hydrogen-bond acceptors (Lipinski definition) is 3. The first kappa shape index (κ1) is 13.4. The van der Waals surface area contributed by atoms with Gasteiger partial charge in [0.2, 0.25) is 0 Å². The minimum atomic E-state index is 0.521. The maximum atomic E-state index is 9.97. The van der Waals surface area contributed by atoms with E-state index in [4.69, 9.17) is 9.47 Å². The van der Waals surface area contributed by atoms with Gasteiger partial charge >= 0.3 is 0 Å². The molecule has 84 valence electrons. The summed E-state index contributed by atoms with van der Waals surface area (Å²) in [5.41, 5.74) is 0. The average molecular weight is 202 g/mol. The van der Waals surface area contributed by atoms with E-state index in [-0.39, 0.29) is 0 Å². The second-order valence-corrected chi connectivity index (χ2v) is 3.55. The molecule has 0 amide bonds. The molecule has 3 nitrogen and oxygen atoms in total. The van der Waals surface area contributed by atoms with Gasteiger partial charge in [-0.25, -0.2) is 0 Å². The van der Waals surface area contributed by atoms with Crippen LogP contribution in [0.5, 0.6) is 0 Å². The fourth-order valence-corrected chi connectivity index (χ4v) is 1.49. The van der Waals surface area contributed by atoms with E-state index in [2.05, 4.69) is 6.92 Å². The lowest BCUT2D eigenvalue weighted by molar-refractivity contribution is -0.129. The predicted octanol–water partition coefficient (Wildman–Crippen LogP) is 2.39. The topological polar surface area (TPSA) is 35.5 Å². The highest BCUT2D eigenvalue weighted by atomic mass is 16.5. The van der Waals surface area contributed by atoms with Crippen molar-refractivity contribution in [2.75, 3.05) is 20.3 Å². The van der Waals surface area contributed by atoms with Crippen molar-refractivity contribution in [2.45, 2.75) is 39.0 Å². The minimum Gasteiger partial charge on any atom is -0.468 e. The van der Waals surface area contributed by atoms with Gasteiger partial charge in [0.05, 0.1) is 6.61 Å².